The molecule has 2 aromatic rings. The standard InChI is InChI=1S/C6H4N2O2S4/c1-5(7-3-9-1)11-13-14-12-6-2-10-4-8-6/h1-4H. The molecule has 0 saturated carbocycles. The quantitative estimate of drug-likeness (QED) is 0.597. The van der Waals surface area contributed by atoms with E-state index >= 15 is 0 Å². The maximum atomic E-state index is 4.83. The molecule has 0 fully saturated rings. The number of oxazole rings is 2. The lowest BCUT2D eigenvalue weighted by atomic mass is 11.0. The van der Waals surface area contributed by atoms with E-state index in [1.165, 1.54) is 12.8 Å². The van der Waals surface area contributed by atoms with Crippen molar-refractivity contribution in [1.29, 1.82) is 0 Å². The van der Waals surface area contributed by atoms with Gasteiger partial charge in [0.25, 0.3) is 0 Å². The zero-order valence-corrected chi connectivity index (χ0v) is 9.92. The Kier molecular flexibility index (Phi) is 4.17. The molecule has 4 nitrogen and oxygen atoms in total. The average Bonchev–Trinajstić information content (AvgIpc) is 2.86. The van der Waals surface area contributed by atoms with E-state index < -0.39 is 0 Å². The number of aromatic nitrogens is 2. The fourth-order valence-corrected chi connectivity index (χ4v) is 5.47. The minimum Gasteiger partial charge on any atom is -0.451 e. The van der Waals surface area contributed by atoms with Gasteiger partial charge in [0.15, 0.2) is 12.8 Å². The molecule has 0 radical (unpaired) electrons. The summed E-state index contributed by atoms with van der Waals surface area (Å²) in [7, 11) is 6.29. The second-order valence-corrected chi connectivity index (χ2v) is 7.66. The van der Waals surface area contributed by atoms with Gasteiger partial charge in [0.1, 0.15) is 22.6 Å². The highest BCUT2D eigenvalue weighted by atomic mass is 33.7. The van der Waals surface area contributed by atoms with Crippen LogP contribution < -0.4 is 0 Å². The van der Waals surface area contributed by atoms with Crippen molar-refractivity contribution in [2.24, 2.45) is 0 Å². The van der Waals surface area contributed by atoms with Crippen molar-refractivity contribution in [3.05, 3.63) is 25.3 Å². The van der Waals surface area contributed by atoms with E-state index in [2.05, 4.69) is 9.97 Å². The highest BCUT2D eigenvalue weighted by molar-refractivity contribution is 9.26. The Labute approximate surface area is 95.2 Å². The molecule has 2 heterocycles. The molecule has 14 heavy (non-hydrogen) atoms. The third-order valence-electron chi connectivity index (χ3n) is 1.09. The number of hydrogen-bond acceptors (Lipinski definition) is 8. The first-order valence-electron chi connectivity index (χ1n) is 3.39. The Hall–Kier alpha value is -0.180. The first kappa shape index (κ1) is 10.3. The summed E-state index contributed by atoms with van der Waals surface area (Å²) in [6, 6.07) is 0. The second-order valence-electron chi connectivity index (χ2n) is 1.96. The van der Waals surface area contributed by atoms with Crippen LogP contribution in [-0.4, -0.2) is 9.97 Å². The van der Waals surface area contributed by atoms with E-state index in [4.69, 9.17) is 8.83 Å². The molecule has 2 rings (SSSR count). The molecule has 0 bridgehead atoms. The van der Waals surface area contributed by atoms with Gasteiger partial charge in [-0.3, -0.25) is 0 Å². The average molecular weight is 264 g/mol. The summed E-state index contributed by atoms with van der Waals surface area (Å²) in [5.74, 6) is 0. The van der Waals surface area contributed by atoms with Gasteiger partial charge in [0.2, 0.25) is 0 Å². The van der Waals surface area contributed by atoms with E-state index in [0.29, 0.717) is 0 Å². The van der Waals surface area contributed by atoms with Gasteiger partial charge in [-0.2, -0.15) is 0 Å². The van der Waals surface area contributed by atoms with Gasteiger partial charge in [0, 0.05) is 0 Å². The molecule has 0 N–H and O–H groups in total. The highest BCUT2D eigenvalue weighted by Crippen LogP contribution is 2.48. The Morgan fingerprint density at radius 1 is 0.857 bits per heavy atom. The zero-order chi connectivity index (χ0) is 9.64. The molecule has 0 unspecified atom stereocenters. The third-order valence-corrected chi connectivity index (χ3v) is 6.85. The summed E-state index contributed by atoms with van der Waals surface area (Å²) < 4.78 is 9.66. The summed E-state index contributed by atoms with van der Waals surface area (Å²) in [6.45, 7) is 0. The monoisotopic (exact) mass is 264 g/mol. The number of nitrogens with zero attached hydrogens (tertiary/aromatic N) is 2. The molecule has 0 spiro atoms. The normalized spacial score (nSPS) is 10.6. The van der Waals surface area contributed by atoms with Gasteiger partial charge < -0.3 is 8.83 Å². The van der Waals surface area contributed by atoms with Gasteiger partial charge in [-0.1, -0.05) is 0 Å². The lowest BCUT2D eigenvalue weighted by Crippen LogP contribution is -1.61. The number of hydrogen-bond donors (Lipinski definition) is 0. The Balaban J connectivity index is 1.65. The van der Waals surface area contributed by atoms with E-state index in [1.54, 1.807) is 53.8 Å². The SMILES string of the molecule is c1nc(SSSSc2cocn2)co1. The Morgan fingerprint density at radius 2 is 1.36 bits per heavy atom. The molecular formula is C6H4N2O2S4. The van der Waals surface area contributed by atoms with E-state index in [9.17, 15) is 0 Å². The molecule has 2 aromatic heterocycles. The van der Waals surface area contributed by atoms with Crippen LogP contribution in [0.25, 0.3) is 0 Å². The topological polar surface area (TPSA) is 52.1 Å². The summed E-state index contributed by atoms with van der Waals surface area (Å²) in [6.07, 6.45) is 6.05. The van der Waals surface area contributed by atoms with Crippen LogP contribution in [0.1, 0.15) is 0 Å². The van der Waals surface area contributed by atoms with E-state index in [-0.39, 0.29) is 0 Å². The largest absolute Gasteiger partial charge is 0.451 e. The summed E-state index contributed by atoms with van der Waals surface area (Å²) in [4.78, 5) is 7.94. The first-order valence-corrected chi connectivity index (χ1v) is 8.21. The summed E-state index contributed by atoms with van der Waals surface area (Å²) in [5.41, 5.74) is 0. The maximum absolute atomic E-state index is 4.83. The van der Waals surface area contributed by atoms with Crippen LogP contribution in [-0.2, 0) is 0 Å². The van der Waals surface area contributed by atoms with Crippen LogP contribution in [0.2, 0.25) is 0 Å². The van der Waals surface area contributed by atoms with Crippen LogP contribution >= 0.6 is 41.2 Å². The minimum atomic E-state index is 0.864. The van der Waals surface area contributed by atoms with Crippen molar-refractivity contribution in [2.75, 3.05) is 0 Å². The zero-order valence-electron chi connectivity index (χ0n) is 6.65. The molecule has 0 aliphatic carbocycles. The van der Waals surface area contributed by atoms with Crippen LogP contribution in [0.3, 0.4) is 0 Å². The van der Waals surface area contributed by atoms with Gasteiger partial charge in [0.05, 0.1) is 0 Å². The van der Waals surface area contributed by atoms with Gasteiger partial charge in [-0.25, -0.2) is 9.97 Å². The molecule has 0 aliphatic heterocycles. The first-order chi connectivity index (χ1) is 6.95. The maximum Gasteiger partial charge on any atom is 0.181 e. The van der Waals surface area contributed by atoms with Gasteiger partial charge in [-0.05, 0) is 41.2 Å². The van der Waals surface area contributed by atoms with Crippen LogP contribution in [0.4, 0.5) is 0 Å². The summed E-state index contributed by atoms with van der Waals surface area (Å²) >= 11 is 0. The molecule has 0 amide bonds. The Bertz CT molecular complexity index is 314. The number of rotatable bonds is 5. The van der Waals surface area contributed by atoms with Gasteiger partial charge >= 0.3 is 0 Å². The Morgan fingerprint density at radius 3 is 1.71 bits per heavy atom. The van der Waals surface area contributed by atoms with Crippen LogP contribution in [0, 0.1) is 0 Å². The predicted octanol–water partition coefficient (Wildman–Crippen LogP) is 3.76. The lowest BCUT2D eigenvalue weighted by molar-refractivity contribution is 0.555. The minimum absolute atomic E-state index is 0.864. The molecule has 0 aromatic carbocycles. The van der Waals surface area contributed by atoms with Crippen LogP contribution in [0.15, 0.2) is 44.2 Å². The highest BCUT2D eigenvalue weighted by Gasteiger charge is 2.01. The molecule has 0 atom stereocenters. The fourth-order valence-electron chi connectivity index (χ4n) is 0.583. The van der Waals surface area contributed by atoms with Crippen molar-refractivity contribution in [2.45, 2.75) is 10.1 Å². The molecular weight excluding hydrogens is 260 g/mol. The second kappa shape index (κ2) is 5.64. The van der Waals surface area contributed by atoms with Crippen molar-refractivity contribution in [3.8, 4) is 0 Å². The predicted molar refractivity (Wildman–Crippen MR) is 59.9 cm³/mol. The van der Waals surface area contributed by atoms with E-state index in [0.717, 1.165) is 10.1 Å². The summed E-state index contributed by atoms with van der Waals surface area (Å²) in [5, 5.41) is 1.73. The van der Waals surface area contributed by atoms with Crippen LogP contribution in [0.5, 0.6) is 0 Å². The van der Waals surface area contributed by atoms with Gasteiger partial charge in [-0.15, -0.1) is 0 Å². The van der Waals surface area contributed by atoms with E-state index in [1.807, 2.05) is 0 Å². The lowest BCUT2D eigenvalue weighted by Gasteiger charge is -1.92. The van der Waals surface area contributed by atoms with Crippen molar-refractivity contribution >= 4 is 41.2 Å². The molecule has 74 valence electrons. The molecule has 0 saturated heterocycles. The fraction of sp³-hybridized carbons (Fsp3) is 0. The third kappa shape index (κ3) is 3.19. The molecule has 8 heteroatoms. The smallest absolute Gasteiger partial charge is 0.181 e. The molecule has 0 aliphatic rings. The van der Waals surface area contributed by atoms with Crippen molar-refractivity contribution in [3.63, 3.8) is 0 Å². The van der Waals surface area contributed by atoms with Crippen molar-refractivity contribution < 1.29 is 8.83 Å². The van der Waals surface area contributed by atoms with Crippen molar-refractivity contribution in [1.82, 2.24) is 9.97 Å².